The van der Waals surface area contributed by atoms with E-state index in [1.165, 1.54) is 0 Å². The summed E-state index contributed by atoms with van der Waals surface area (Å²) in [4.78, 5) is 2.13. The number of anilines is 1. The molecule has 0 radical (unpaired) electrons. The Kier molecular flexibility index (Phi) is 3.48. The minimum absolute atomic E-state index is 0.0441. The van der Waals surface area contributed by atoms with Crippen molar-refractivity contribution in [2.24, 2.45) is 0 Å². The standard InChI is InChI=1S/C10H16BrN3/c1-8-5-9(13-12-6-8)14(4)10(2,3)7-11/h5-6H,7H2,1-4H3. The van der Waals surface area contributed by atoms with Crippen LogP contribution in [0.1, 0.15) is 19.4 Å². The van der Waals surface area contributed by atoms with Crippen LogP contribution in [0.5, 0.6) is 0 Å². The zero-order chi connectivity index (χ0) is 10.8. The molecule has 0 aromatic carbocycles. The molecular formula is C10H16BrN3. The van der Waals surface area contributed by atoms with Crippen LogP contribution >= 0.6 is 15.9 Å². The second kappa shape index (κ2) is 4.26. The molecule has 0 aliphatic heterocycles. The van der Waals surface area contributed by atoms with Crippen molar-refractivity contribution in [3.8, 4) is 0 Å². The molecule has 78 valence electrons. The molecule has 1 rings (SSSR count). The Morgan fingerprint density at radius 1 is 1.50 bits per heavy atom. The monoisotopic (exact) mass is 257 g/mol. The summed E-state index contributed by atoms with van der Waals surface area (Å²) in [5.41, 5.74) is 1.18. The lowest BCUT2D eigenvalue weighted by Gasteiger charge is -2.34. The number of hydrogen-bond acceptors (Lipinski definition) is 3. The normalized spacial score (nSPS) is 11.5. The molecule has 0 N–H and O–H groups in total. The largest absolute Gasteiger partial charge is 0.352 e. The third-order valence-electron chi connectivity index (χ3n) is 2.36. The lowest BCUT2D eigenvalue weighted by atomic mass is 10.1. The number of alkyl halides is 1. The molecular weight excluding hydrogens is 242 g/mol. The molecule has 0 aliphatic rings. The Hall–Kier alpha value is -0.640. The molecule has 0 aliphatic carbocycles. The van der Waals surface area contributed by atoms with Crippen LogP contribution in [0.15, 0.2) is 12.3 Å². The number of rotatable bonds is 3. The molecule has 3 nitrogen and oxygen atoms in total. The summed E-state index contributed by atoms with van der Waals surface area (Å²) < 4.78 is 0. The maximum atomic E-state index is 4.11. The average molecular weight is 258 g/mol. The molecule has 1 heterocycles. The number of halogens is 1. The average Bonchev–Trinajstić information content (AvgIpc) is 2.16. The summed E-state index contributed by atoms with van der Waals surface area (Å²) in [5.74, 6) is 0.912. The molecule has 4 heteroatoms. The van der Waals surface area contributed by atoms with Crippen LogP contribution in [0.3, 0.4) is 0 Å². The molecule has 0 fully saturated rings. The molecule has 0 unspecified atom stereocenters. The zero-order valence-electron chi connectivity index (χ0n) is 9.08. The Morgan fingerprint density at radius 3 is 2.64 bits per heavy atom. The van der Waals surface area contributed by atoms with E-state index in [-0.39, 0.29) is 5.54 Å². The van der Waals surface area contributed by atoms with Crippen molar-refractivity contribution in [3.63, 3.8) is 0 Å². The Labute approximate surface area is 93.7 Å². The van der Waals surface area contributed by atoms with Gasteiger partial charge in [-0.15, -0.1) is 5.10 Å². The fraction of sp³-hybridized carbons (Fsp3) is 0.600. The van der Waals surface area contributed by atoms with Gasteiger partial charge in [-0.25, -0.2) is 0 Å². The first-order valence-electron chi connectivity index (χ1n) is 4.56. The summed E-state index contributed by atoms with van der Waals surface area (Å²) in [6.07, 6.45) is 1.76. The lowest BCUT2D eigenvalue weighted by molar-refractivity contribution is 0.544. The highest BCUT2D eigenvalue weighted by atomic mass is 79.9. The van der Waals surface area contributed by atoms with Crippen molar-refractivity contribution in [1.82, 2.24) is 10.2 Å². The van der Waals surface area contributed by atoms with Crippen LogP contribution in [0.4, 0.5) is 5.82 Å². The highest BCUT2D eigenvalue weighted by Gasteiger charge is 2.23. The lowest BCUT2D eigenvalue weighted by Crippen LogP contribution is -2.43. The first kappa shape index (κ1) is 11.4. The summed E-state index contributed by atoms with van der Waals surface area (Å²) in [7, 11) is 2.03. The Morgan fingerprint density at radius 2 is 2.14 bits per heavy atom. The van der Waals surface area contributed by atoms with Crippen molar-refractivity contribution in [2.75, 3.05) is 17.3 Å². The molecule has 1 aromatic heterocycles. The maximum absolute atomic E-state index is 4.11. The van der Waals surface area contributed by atoms with Gasteiger partial charge in [0.1, 0.15) is 0 Å². The maximum Gasteiger partial charge on any atom is 0.151 e. The van der Waals surface area contributed by atoms with Crippen molar-refractivity contribution in [1.29, 1.82) is 0 Å². The Bertz CT molecular complexity index is 312. The third kappa shape index (κ3) is 2.44. The van der Waals surface area contributed by atoms with E-state index in [0.717, 1.165) is 16.7 Å². The van der Waals surface area contributed by atoms with Gasteiger partial charge in [-0.3, -0.25) is 0 Å². The second-order valence-corrected chi connectivity index (χ2v) is 4.66. The van der Waals surface area contributed by atoms with Gasteiger partial charge >= 0.3 is 0 Å². The SMILES string of the molecule is Cc1cnnc(N(C)C(C)(C)CBr)c1. The fourth-order valence-electron chi connectivity index (χ4n) is 1.01. The third-order valence-corrected chi connectivity index (χ3v) is 3.73. The van der Waals surface area contributed by atoms with Gasteiger partial charge in [0.15, 0.2) is 5.82 Å². The van der Waals surface area contributed by atoms with Crippen LogP contribution in [0.2, 0.25) is 0 Å². The van der Waals surface area contributed by atoms with Crippen LogP contribution in [-0.4, -0.2) is 28.1 Å². The van der Waals surface area contributed by atoms with Crippen LogP contribution in [0.25, 0.3) is 0 Å². The molecule has 0 atom stereocenters. The van der Waals surface area contributed by atoms with E-state index < -0.39 is 0 Å². The molecule has 0 saturated carbocycles. The molecule has 0 spiro atoms. The van der Waals surface area contributed by atoms with Gasteiger partial charge in [0.2, 0.25) is 0 Å². The smallest absolute Gasteiger partial charge is 0.151 e. The van der Waals surface area contributed by atoms with E-state index in [9.17, 15) is 0 Å². The van der Waals surface area contributed by atoms with Gasteiger partial charge in [0, 0.05) is 17.9 Å². The summed E-state index contributed by atoms with van der Waals surface area (Å²) in [5, 5.41) is 8.95. The van der Waals surface area contributed by atoms with Crippen LogP contribution in [0, 0.1) is 6.92 Å². The summed E-state index contributed by atoms with van der Waals surface area (Å²) in [6.45, 7) is 6.34. The van der Waals surface area contributed by atoms with E-state index in [1.54, 1.807) is 6.20 Å². The van der Waals surface area contributed by atoms with E-state index in [0.29, 0.717) is 0 Å². The van der Waals surface area contributed by atoms with Crippen LogP contribution < -0.4 is 4.90 Å². The summed E-state index contributed by atoms with van der Waals surface area (Å²) in [6, 6.07) is 2.04. The van der Waals surface area contributed by atoms with Crippen LogP contribution in [-0.2, 0) is 0 Å². The molecule has 0 saturated heterocycles. The highest BCUT2D eigenvalue weighted by molar-refractivity contribution is 9.09. The van der Waals surface area contributed by atoms with Crippen molar-refractivity contribution >= 4 is 21.7 Å². The fourth-order valence-corrected chi connectivity index (χ4v) is 1.39. The quantitative estimate of drug-likeness (QED) is 0.779. The van der Waals surface area contributed by atoms with E-state index in [1.807, 2.05) is 20.0 Å². The number of hydrogen-bond donors (Lipinski definition) is 0. The van der Waals surface area contributed by atoms with Gasteiger partial charge in [-0.05, 0) is 32.4 Å². The van der Waals surface area contributed by atoms with E-state index in [4.69, 9.17) is 0 Å². The summed E-state index contributed by atoms with van der Waals surface area (Å²) >= 11 is 3.50. The van der Waals surface area contributed by atoms with Crippen molar-refractivity contribution in [3.05, 3.63) is 17.8 Å². The van der Waals surface area contributed by atoms with Crippen molar-refractivity contribution < 1.29 is 0 Å². The van der Waals surface area contributed by atoms with Gasteiger partial charge < -0.3 is 4.90 Å². The number of aromatic nitrogens is 2. The van der Waals surface area contributed by atoms with E-state index >= 15 is 0 Å². The predicted octanol–water partition coefficient (Wildman–Crippen LogP) is 2.39. The number of aryl methyl sites for hydroxylation is 1. The molecule has 14 heavy (non-hydrogen) atoms. The van der Waals surface area contributed by atoms with Gasteiger partial charge in [-0.1, -0.05) is 15.9 Å². The van der Waals surface area contributed by atoms with Gasteiger partial charge in [0.05, 0.1) is 6.20 Å². The van der Waals surface area contributed by atoms with Crippen molar-refractivity contribution in [2.45, 2.75) is 26.3 Å². The second-order valence-electron chi connectivity index (χ2n) is 4.10. The molecule has 1 aromatic rings. The molecule has 0 bridgehead atoms. The van der Waals surface area contributed by atoms with E-state index in [2.05, 4.69) is 44.9 Å². The minimum Gasteiger partial charge on any atom is -0.352 e. The van der Waals surface area contributed by atoms with Gasteiger partial charge in [0.25, 0.3) is 0 Å². The predicted molar refractivity (Wildman–Crippen MR) is 63.0 cm³/mol. The zero-order valence-corrected chi connectivity index (χ0v) is 10.7. The highest BCUT2D eigenvalue weighted by Crippen LogP contribution is 2.21. The number of nitrogens with zero attached hydrogens (tertiary/aromatic N) is 3. The van der Waals surface area contributed by atoms with Gasteiger partial charge in [-0.2, -0.15) is 5.10 Å². The molecule has 0 amide bonds. The minimum atomic E-state index is 0.0441. The Balaban J connectivity index is 2.94. The topological polar surface area (TPSA) is 29.0 Å². The first-order valence-corrected chi connectivity index (χ1v) is 5.68. The first-order chi connectivity index (χ1) is 6.47.